The number of rotatable bonds is 3. The highest BCUT2D eigenvalue weighted by atomic mass is 16.5. The van der Waals surface area contributed by atoms with Crippen molar-refractivity contribution in [2.75, 3.05) is 6.54 Å². The number of carbonyl (C=O) groups is 1. The third-order valence-electron chi connectivity index (χ3n) is 3.26. The quantitative estimate of drug-likeness (QED) is 0.777. The van der Waals surface area contributed by atoms with Crippen LogP contribution in [-0.4, -0.2) is 23.5 Å². The molecular formula is C12H23NO2. The highest BCUT2D eigenvalue weighted by molar-refractivity contribution is 5.84. The first-order chi connectivity index (χ1) is 6.69. The van der Waals surface area contributed by atoms with Gasteiger partial charge in [-0.05, 0) is 34.1 Å². The average Bonchev–Trinajstić information content (AvgIpc) is 2.31. The van der Waals surface area contributed by atoms with Gasteiger partial charge in [0.1, 0.15) is 5.78 Å². The molecule has 0 aromatic rings. The van der Waals surface area contributed by atoms with Crippen LogP contribution in [0.25, 0.3) is 0 Å². The molecule has 3 nitrogen and oxygen atoms in total. The largest absolute Gasteiger partial charge is 0.369 e. The minimum Gasteiger partial charge on any atom is -0.369 e. The smallest absolute Gasteiger partial charge is 0.142 e. The lowest BCUT2D eigenvalue weighted by Crippen LogP contribution is -2.38. The Morgan fingerprint density at radius 1 is 1.47 bits per heavy atom. The molecular weight excluding hydrogens is 190 g/mol. The SMILES string of the molecule is CC(CN)C(=O)C1CC(C)(C)OC1(C)C. The first-order valence-corrected chi connectivity index (χ1v) is 5.63. The molecule has 0 amide bonds. The Bertz CT molecular complexity index is 258. The van der Waals surface area contributed by atoms with Gasteiger partial charge in [0, 0.05) is 18.4 Å². The van der Waals surface area contributed by atoms with Crippen molar-refractivity contribution in [3.05, 3.63) is 0 Å². The van der Waals surface area contributed by atoms with Gasteiger partial charge in [-0.2, -0.15) is 0 Å². The fourth-order valence-corrected chi connectivity index (χ4v) is 2.47. The standard InChI is InChI=1S/C12H23NO2/c1-8(7-13)10(14)9-6-11(2,3)15-12(9,4)5/h8-9H,6-7,13H2,1-5H3. The van der Waals surface area contributed by atoms with Gasteiger partial charge in [0.05, 0.1) is 11.2 Å². The van der Waals surface area contributed by atoms with Crippen molar-refractivity contribution in [3.63, 3.8) is 0 Å². The normalized spacial score (nSPS) is 30.1. The molecule has 1 fully saturated rings. The molecule has 1 rings (SSSR count). The van der Waals surface area contributed by atoms with Crippen molar-refractivity contribution in [2.45, 2.75) is 52.2 Å². The lowest BCUT2D eigenvalue weighted by molar-refractivity contribution is -0.132. The van der Waals surface area contributed by atoms with E-state index in [9.17, 15) is 4.79 Å². The molecule has 2 atom stereocenters. The Hall–Kier alpha value is -0.410. The summed E-state index contributed by atoms with van der Waals surface area (Å²) in [7, 11) is 0. The predicted octanol–water partition coefficient (Wildman–Crippen LogP) is 1.74. The van der Waals surface area contributed by atoms with E-state index in [1.165, 1.54) is 0 Å². The number of ether oxygens (including phenoxy) is 1. The van der Waals surface area contributed by atoms with Crippen molar-refractivity contribution in [3.8, 4) is 0 Å². The van der Waals surface area contributed by atoms with Crippen LogP contribution in [0.5, 0.6) is 0 Å². The van der Waals surface area contributed by atoms with Gasteiger partial charge in [-0.1, -0.05) is 6.92 Å². The summed E-state index contributed by atoms with van der Waals surface area (Å²) in [5.74, 6) is 0.158. The fourth-order valence-electron chi connectivity index (χ4n) is 2.47. The second-order valence-electron chi connectivity index (χ2n) is 5.76. The Labute approximate surface area is 92.4 Å². The van der Waals surface area contributed by atoms with E-state index in [1.807, 2.05) is 34.6 Å². The second kappa shape index (κ2) is 3.87. The van der Waals surface area contributed by atoms with Crippen LogP contribution in [0, 0.1) is 11.8 Å². The Morgan fingerprint density at radius 3 is 2.33 bits per heavy atom. The third kappa shape index (κ3) is 2.58. The van der Waals surface area contributed by atoms with Crippen LogP contribution < -0.4 is 5.73 Å². The number of carbonyl (C=O) groups excluding carboxylic acids is 1. The number of nitrogens with two attached hydrogens (primary N) is 1. The second-order valence-corrected chi connectivity index (χ2v) is 5.76. The van der Waals surface area contributed by atoms with Crippen molar-refractivity contribution in [1.82, 2.24) is 0 Å². The van der Waals surface area contributed by atoms with Gasteiger partial charge in [0.25, 0.3) is 0 Å². The molecule has 88 valence electrons. The Morgan fingerprint density at radius 2 is 2.00 bits per heavy atom. The van der Waals surface area contributed by atoms with E-state index in [4.69, 9.17) is 10.5 Å². The van der Waals surface area contributed by atoms with Crippen molar-refractivity contribution >= 4 is 5.78 Å². The minimum atomic E-state index is -0.357. The van der Waals surface area contributed by atoms with Crippen LogP contribution in [0.3, 0.4) is 0 Å². The zero-order valence-corrected chi connectivity index (χ0v) is 10.5. The maximum absolute atomic E-state index is 12.1. The molecule has 2 N–H and O–H groups in total. The van der Waals surface area contributed by atoms with E-state index in [1.54, 1.807) is 0 Å². The Kier molecular flexibility index (Phi) is 3.27. The zero-order valence-electron chi connectivity index (χ0n) is 10.5. The average molecular weight is 213 g/mol. The van der Waals surface area contributed by atoms with Crippen molar-refractivity contribution in [2.24, 2.45) is 17.6 Å². The number of ketones is 1. The number of hydrogen-bond acceptors (Lipinski definition) is 3. The molecule has 0 radical (unpaired) electrons. The molecule has 1 saturated heterocycles. The van der Waals surface area contributed by atoms with Gasteiger partial charge >= 0.3 is 0 Å². The monoisotopic (exact) mass is 213 g/mol. The van der Waals surface area contributed by atoms with E-state index >= 15 is 0 Å². The highest BCUT2D eigenvalue weighted by Crippen LogP contribution is 2.43. The minimum absolute atomic E-state index is 0.0222. The van der Waals surface area contributed by atoms with Gasteiger partial charge in [-0.25, -0.2) is 0 Å². The summed E-state index contributed by atoms with van der Waals surface area (Å²) >= 11 is 0. The molecule has 1 heterocycles. The molecule has 3 heteroatoms. The molecule has 2 unspecified atom stereocenters. The van der Waals surface area contributed by atoms with Gasteiger partial charge in [-0.15, -0.1) is 0 Å². The van der Waals surface area contributed by atoms with E-state index in [2.05, 4.69) is 0 Å². The van der Waals surface area contributed by atoms with E-state index in [0.717, 1.165) is 6.42 Å². The van der Waals surface area contributed by atoms with Crippen LogP contribution in [0.4, 0.5) is 0 Å². The predicted molar refractivity (Wildman–Crippen MR) is 60.6 cm³/mol. The topological polar surface area (TPSA) is 52.3 Å². The van der Waals surface area contributed by atoms with Gasteiger partial charge in [0.15, 0.2) is 0 Å². The summed E-state index contributed by atoms with van der Waals surface area (Å²) in [6, 6.07) is 0. The molecule has 0 bridgehead atoms. The highest BCUT2D eigenvalue weighted by Gasteiger charge is 2.49. The maximum atomic E-state index is 12.1. The molecule has 0 aromatic heterocycles. The van der Waals surface area contributed by atoms with Crippen LogP contribution in [0.1, 0.15) is 41.0 Å². The molecule has 0 spiro atoms. The summed E-state index contributed by atoms with van der Waals surface area (Å²) in [6.45, 7) is 10.4. The van der Waals surface area contributed by atoms with E-state index in [-0.39, 0.29) is 28.8 Å². The number of Topliss-reactive ketones (excluding diaryl/α,β-unsaturated/α-hetero) is 1. The summed E-state index contributed by atoms with van der Waals surface area (Å²) in [4.78, 5) is 12.1. The van der Waals surface area contributed by atoms with E-state index < -0.39 is 0 Å². The molecule has 1 aliphatic heterocycles. The summed E-state index contributed by atoms with van der Waals surface area (Å²) in [5, 5.41) is 0. The lowest BCUT2D eigenvalue weighted by atomic mass is 9.80. The first-order valence-electron chi connectivity index (χ1n) is 5.63. The van der Waals surface area contributed by atoms with Gasteiger partial charge in [0.2, 0.25) is 0 Å². The summed E-state index contributed by atoms with van der Waals surface area (Å²) in [6.07, 6.45) is 0.795. The fraction of sp³-hybridized carbons (Fsp3) is 0.917. The molecule has 0 aliphatic carbocycles. The molecule has 1 aliphatic rings. The first kappa shape index (κ1) is 12.7. The zero-order chi connectivity index (χ0) is 11.9. The van der Waals surface area contributed by atoms with Crippen molar-refractivity contribution < 1.29 is 9.53 Å². The van der Waals surface area contributed by atoms with Crippen LogP contribution in [0.15, 0.2) is 0 Å². The Balaban J connectivity index is 2.83. The molecule has 0 saturated carbocycles. The van der Waals surface area contributed by atoms with Crippen molar-refractivity contribution in [1.29, 1.82) is 0 Å². The van der Waals surface area contributed by atoms with Crippen LogP contribution in [-0.2, 0) is 9.53 Å². The number of hydrogen-bond donors (Lipinski definition) is 1. The lowest BCUT2D eigenvalue weighted by Gasteiger charge is -2.27. The van der Waals surface area contributed by atoms with Crippen LogP contribution >= 0.6 is 0 Å². The maximum Gasteiger partial charge on any atom is 0.142 e. The van der Waals surface area contributed by atoms with E-state index in [0.29, 0.717) is 6.54 Å². The summed E-state index contributed by atoms with van der Waals surface area (Å²) < 4.78 is 5.90. The van der Waals surface area contributed by atoms with Crippen LogP contribution in [0.2, 0.25) is 0 Å². The third-order valence-corrected chi connectivity index (χ3v) is 3.26. The summed E-state index contributed by atoms with van der Waals surface area (Å²) in [5.41, 5.74) is 4.98. The van der Waals surface area contributed by atoms with Gasteiger partial charge < -0.3 is 10.5 Å². The molecule has 0 aromatic carbocycles. The molecule has 15 heavy (non-hydrogen) atoms. The van der Waals surface area contributed by atoms with Gasteiger partial charge in [-0.3, -0.25) is 4.79 Å².